The van der Waals surface area contributed by atoms with Crippen LogP contribution in [0.3, 0.4) is 0 Å². The molecule has 3 heteroatoms. The van der Waals surface area contributed by atoms with Crippen LogP contribution in [-0.2, 0) is 9.53 Å². The molecule has 0 aliphatic carbocycles. The number of carbonyl (C=O) groups excluding carboxylic acids is 1. The number of hydrogen-bond acceptors (Lipinski definition) is 3. The molecule has 0 bridgehead atoms. The molecule has 0 fully saturated rings. The topological polar surface area (TPSA) is 38.3 Å². The summed E-state index contributed by atoms with van der Waals surface area (Å²) in [5.41, 5.74) is -0.0869. The van der Waals surface area contributed by atoms with Gasteiger partial charge in [0, 0.05) is 5.54 Å². The van der Waals surface area contributed by atoms with E-state index in [1.807, 2.05) is 6.92 Å². The summed E-state index contributed by atoms with van der Waals surface area (Å²) >= 11 is 0. The van der Waals surface area contributed by atoms with Gasteiger partial charge in [0.15, 0.2) is 0 Å². The number of nitrogens with one attached hydrogen (secondary N) is 1. The molecular formula is C14H29NO2. The lowest BCUT2D eigenvalue weighted by atomic mass is 9.82. The second-order valence-electron chi connectivity index (χ2n) is 4.86. The van der Waals surface area contributed by atoms with Crippen molar-refractivity contribution in [3.63, 3.8) is 0 Å². The van der Waals surface area contributed by atoms with Crippen LogP contribution < -0.4 is 5.32 Å². The zero-order valence-electron chi connectivity index (χ0n) is 12.1. The van der Waals surface area contributed by atoms with Crippen LogP contribution in [0.15, 0.2) is 0 Å². The van der Waals surface area contributed by atoms with Gasteiger partial charge in [-0.05, 0) is 32.2 Å². The Kier molecular flexibility index (Phi) is 8.23. The zero-order chi connectivity index (χ0) is 13.3. The van der Waals surface area contributed by atoms with Crippen LogP contribution >= 0.6 is 0 Å². The van der Waals surface area contributed by atoms with E-state index in [0.717, 1.165) is 25.8 Å². The standard InChI is InChI=1S/C14H29NO2/c1-6-12(5)10-14(7-2,15-8-3)11-13(16)17-9-4/h12,15H,6-11H2,1-5H3. The minimum absolute atomic E-state index is 0.0846. The minimum Gasteiger partial charge on any atom is -0.466 e. The fourth-order valence-corrected chi connectivity index (χ4v) is 2.28. The first-order chi connectivity index (χ1) is 8.03. The maximum absolute atomic E-state index is 11.7. The van der Waals surface area contributed by atoms with E-state index in [2.05, 4.69) is 33.0 Å². The number of esters is 1. The van der Waals surface area contributed by atoms with E-state index in [4.69, 9.17) is 4.74 Å². The van der Waals surface area contributed by atoms with Crippen molar-refractivity contribution in [1.82, 2.24) is 5.32 Å². The van der Waals surface area contributed by atoms with Crippen LogP contribution in [0, 0.1) is 5.92 Å². The minimum atomic E-state index is -0.0869. The summed E-state index contributed by atoms with van der Waals surface area (Å²) in [6, 6.07) is 0. The van der Waals surface area contributed by atoms with E-state index < -0.39 is 0 Å². The fourth-order valence-electron chi connectivity index (χ4n) is 2.28. The van der Waals surface area contributed by atoms with E-state index in [1.54, 1.807) is 0 Å². The summed E-state index contributed by atoms with van der Waals surface area (Å²) in [7, 11) is 0. The normalized spacial score (nSPS) is 16.3. The van der Waals surface area contributed by atoms with Gasteiger partial charge in [0.05, 0.1) is 13.0 Å². The molecule has 0 heterocycles. The molecule has 0 aromatic carbocycles. The second kappa shape index (κ2) is 8.51. The van der Waals surface area contributed by atoms with Gasteiger partial charge in [-0.1, -0.05) is 34.1 Å². The SMILES string of the molecule is CCNC(CC)(CC(=O)OCC)CC(C)CC. The number of ether oxygens (including phenoxy) is 1. The first kappa shape index (κ1) is 16.4. The Labute approximate surface area is 106 Å². The molecule has 3 nitrogen and oxygen atoms in total. The van der Waals surface area contributed by atoms with Crippen LogP contribution in [0.25, 0.3) is 0 Å². The fraction of sp³-hybridized carbons (Fsp3) is 0.929. The van der Waals surface area contributed by atoms with Crippen LogP contribution in [0.5, 0.6) is 0 Å². The zero-order valence-corrected chi connectivity index (χ0v) is 12.1. The van der Waals surface area contributed by atoms with E-state index in [1.165, 1.54) is 0 Å². The number of rotatable bonds is 9. The predicted molar refractivity (Wildman–Crippen MR) is 72.0 cm³/mol. The largest absolute Gasteiger partial charge is 0.466 e. The third kappa shape index (κ3) is 6.06. The Morgan fingerprint density at radius 1 is 1.29 bits per heavy atom. The first-order valence-electron chi connectivity index (χ1n) is 6.94. The molecule has 0 saturated heterocycles. The van der Waals surface area contributed by atoms with Crippen molar-refractivity contribution in [2.75, 3.05) is 13.2 Å². The van der Waals surface area contributed by atoms with Gasteiger partial charge in [0.2, 0.25) is 0 Å². The molecule has 0 radical (unpaired) electrons. The summed E-state index contributed by atoms with van der Waals surface area (Å²) in [5.74, 6) is 0.544. The molecule has 0 aromatic heterocycles. The lowest BCUT2D eigenvalue weighted by molar-refractivity contribution is -0.145. The highest BCUT2D eigenvalue weighted by molar-refractivity contribution is 5.70. The van der Waals surface area contributed by atoms with Crippen molar-refractivity contribution in [3.8, 4) is 0 Å². The maximum atomic E-state index is 11.7. The highest BCUT2D eigenvalue weighted by Crippen LogP contribution is 2.26. The summed E-state index contributed by atoms with van der Waals surface area (Å²) in [6.07, 6.45) is 3.63. The Hall–Kier alpha value is -0.570. The maximum Gasteiger partial charge on any atom is 0.307 e. The third-order valence-electron chi connectivity index (χ3n) is 3.45. The molecule has 0 amide bonds. The molecule has 102 valence electrons. The summed E-state index contributed by atoms with van der Waals surface area (Å²) in [5, 5.41) is 3.50. The van der Waals surface area contributed by atoms with E-state index in [9.17, 15) is 4.79 Å². The van der Waals surface area contributed by atoms with Gasteiger partial charge in [-0.2, -0.15) is 0 Å². The molecule has 2 unspecified atom stereocenters. The average molecular weight is 243 g/mol. The molecule has 0 spiro atoms. The summed E-state index contributed by atoms with van der Waals surface area (Å²) in [6.45, 7) is 11.9. The lowest BCUT2D eigenvalue weighted by Crippen LogP contribution is -2.47. The lowest BCUT2D eigenvalue weighted by Gasteiger charge is -2.35. The molecule has 0 aliphatic rings. The Morgan fingerprint density at radius 2 is 1.94 bits per heavy atom. The van der Waals surface area contributed by atoms with Gasteiger partial charge in [0.25, 0.3) is 0 Å². The van der Waals surface area contributed by atoms with Crippen LogP contribution in [0.2, 0.25) is 0 Å². The van der Waals surface area contributed by atoms with Crippen LogP contribution in [0.4, 0.5) is 0 Å². The van der Waals surface area contributed by atoms with Gasteiger partial charge >= 0.3 is 5.97 Å². The van der Waals surface area contributed by atoms with Crippen molar-refractivity contribution in [2.24, 2.45) is 5.92 Å². The van der Waals surface area contributed by atoms with E-state index in [-0.39, 0.29) is 11.5 Å². The highest BCUT2D eigenvalue weighted by atomic mass is 16.5. The van der Waals surface area contributed by atoms with Gasteiger partial charge in [-0.15, -0.1) is 0 Å². The monoisotopic (exact) mass is 243 g/mol. The molecule has 1 N–H and O–H groups in total. The Morgan fingerprint density at radius 3 is 2.35 bits per heavy atom. The molecule has 0 aliphatic heterocycles. The number of hydrogen-bond donors (Lipinski definition) is 1. The molecule has 17 heavy (non-hydrogen) atoms. The highest BCUT2D eigenvalue weighted by Gasteiger charge is 2.31. The second-order valence-corrected chi connectivity index (χ2v) is 4.86. The summed E-state index contributed by atoms with van der Waals surface area (Å²) in [4.78, 5) is 11.7. The van der Waals surface area contributed by atoms with Crippen LogP contribution in [-0.4, -0.2) is 24.7 Å². The summed E-state index contributed by atoms with van der Waals surface area (Å²) < 4.78 is 5.08. The first-order valence-corrected chi connectivity index (χ1v) is 6.94. The predicted octanol–water partition coefficient (Wildman–Crippen LogP) is 3.13. The average Bonchev–Trinajstić information content (AvgIpc) is 2.29. The molecule has 2 atom stereocenters. The quantitative estimate of drug-likeness (QED) is 0.632. The third-order valence-corrected chi connectivity index (χ3v) is 3.45. The van der Waals surface area contributed by atoms with Crippen molar-refractivity contribution in [2.45, 2.75) is 65.8 Å². The Balaban J connectivity index is 4.62. The van der Waals surface area contributed by atoms with E-state index >= 15 is 0 Å². The molecular weight excluding hydrogens is 214 g/mol. The molecule has 0 rings (SSSR count). The van der Waals surface area contributed by atoms with Gasteiger partial charge in [-0.3, -0.25) is 4.79 Å². The Bertz CT molecular complexity index is 218. The van der Waals surface area contributed by atoms with Gasteiger partial charge in [0.1, 0.15) is 0 Å². The van der Waals surface area contributed by atoms with Crippen LogP contribution in [0.1, 0.15) is 60.3 Å². The molecule has 0 saturated carbocycles. The molecule has 0 aromatic rings. The van der Waals surface area contributed by atoms with Crippen molar-refractivity contribution in [3.05, 3.63) is 0 Å². The number of carbonyl (C=O) groups is 1. The van der Waals surface area contributed by atoms with Crippen molar-refractivity contribution < 1.29 is 9.53 Å². The van der Waals surface area contributed by atoms with Crippen molar-refractivity contribution >= 4 is 5.97 Å². The smallest absolute Gasteiger partial charge is 0.307 e. The van der Waals surface area contributed by atoms with Gasteiger partial charge in [-0.25, -0.2) is 0 Å². The van der Waals surface area contributed by atoms with E-state index in [0.29, 0.717) is 18.9 Å². The van der Waals surface area contributed by atoms with Crippen molar-refractivity contribution in [1.29, 1.82) is 0 Å². The van der Waals surface area contributed by atoms with Gasteiger partial charge < -0.3 is 10.1 Å².